The van der Waals surface area contributed by atoms with Gasteiger partial charge in [0.1, 0.15) is 11.6 Å². The molecule has 1 unspecified atom stereocenters. The molecule has 0 aromatic carbocycles. The summed E-state index contributed by atoms with van der Waals surface area (Å²) in [6.07, 6.45) is 5.11. The molecule has 0 fully saturated rings. The third-order valence-electron chi connectivity index (χ3n) is 2.25. The average Bonchev–Trinajstić information content (AvgIpc) is 2.37. The molecule has 0 spiro atoms. The molecule has 1 heterocycles. The van der Waals surface area contributed by atoms with Crippen LogP contribution in [0.15, 0.2) is 11.2 Å². The second-order valence-corrected chi connectivity index (χ2v) is 5.16. The Morgan fingerprint density at radius 2 is 2.06 bits per heavy atom. The number of nitrogen functional groups attached to an aromatic ring is 1. The fraction of sp³-hybridized carbons (Fsp3) is 0.600. The number of thioether (sulfide) groups is 2. The van der Waals surface area contributed by atoms with Crippen LogP contribution in [0.5, 0.6) is 0 Å². The zero-order valence-electron chi connectivity index (χ0n) is 10.4. The fourth-order valence-electron chi connectivity index (χ4n) is 1.34. The fourth-order valence-corrected chi connectivity index (χ4v) is 2.44. The monoisotopic (exact) mass is 273 g/mol. The molecule has 0 saturated heterocycles. The van der Waals surface area contributed by atoms with Crippen LogP contribution in [-0.2, 0) is 0 Å². The number of hydrazine groups is 1. The maximum atomic E-state index is 5.38. The normalized spacial score (nSPS) is 12.2. The van der Waals surface area contributed by atoms with E-state index in [-0.39, 0.29) is 0 Å². The first-order chi connectivity index (χ1) is 8.23. The molecule has 0 aliphatic heterocycles. The van der Waals surface area contributed by atoms with Crippen LogP contribution in [0.2, 0.25) is 0 Å². The van der Waals surface area contributed by atoms with E-state index in [0.717, 1.165) is 18.0 Å². The van der Waals surface area contributed by atoms with Gasteiger partial charge in [-0.15, -0.1) is 0 Å². The lowest BCUT2D eigenvalue weighted by molar-refractivity contribution is 0.764. The molecule has 1 atom stereocenters. The average molecular weight is 273 g/mol. The summed E-state index contributed by atoms with van der Waals surface area (Å²) >= 11 is 3.32. The van der Waals surface area contributed by atoms with Gasteiger partial charge in [0.05, 0.1) is 0 Å². The molecule has 0 radical (unpaired) electrons. The van der Waals surface area contributed by atoms with Crippen molar-refractivity contribution in [3.8, 4) is 0 Å². The lowest BCUT2D eigenvalue weighted by Crippen LogP contribution is -2.22. The highest BCUT2D eigenvalue weighted by molar-refractivity contribution is 7.98. The van der Waals surface area contributed by atoms with E-state index in [1.165, 1.54) is 11.8 Å². The van der Waals surface area contributed by atoms with Gasteiger partial charge in [0.25, 0.3) is 0 Å². The Bertz CT molecular complexity index is 325. The van der Waals surface area contributed by atoms with Crippen LogP contribution < -0.4 is 16.6 Å². The smallest absolute Gasteiger partial charge is 0.191 e. The second-order valence-electron chi connectivity index (χ2n) is 3.47. The molecule has 1 aromatic rings. The van der Waals surface area contributed by atoms with Crippen molar-refractivity contribution in [3.05, 3.63) is 6.07 Å². The third-order valence-corrected chi connectivity index (χ3v) is 3.53. The maximum absolute atomic E-state index is 5.38. The summed E-state index contributed by atoms with van der Waals surface area (Å²) in [5, 5.41) is 4.11. The summed E-state index contributed by atoms with van der Waals surface area (Å²) in [5.41, 5.74) is 2.56. The van der Waals surface area contributed by atoms with E-state index in [2.05, 4.69) is 33.9 Å². The van der Waals surface area contributed by atoms with Gasteiger partial charge in [0.15, 0.2) is 5.16 Å². The van der Waals surface area contributed by atoms with Crippen LogP contribution in [-0.4, -0.2) is 34.3 Å². The highest BCUT2D eigenvalue weighted by Gasteiger charge is 2.08. The molecule has 17 heavy (non-hydrogen) atoms. The molecule has 4 N–H and O–H groups in total. The van der Waals surface area contributed by atoms with Crippen molar-refractivity contribution in [2.24, 2.45) is 5.84 Å². The molecule has 1 aromatic heterocycles. The highest BCUT2D eigenvalue weighted by Crippen LogP contribution is 2.18. The number of rotatable bonds is 7. The van der Waals surface area contributed by atoms with Crippen molar-refractivity contribution in [3.63, 3.8) is 0 Å². The molecule has 96 valence electrons. The zero-order valence-corrected chi connectivity index (χ0v) is 12.0. The first-order valence-corrected chi connectivity index (χ1v) is 8.00. The Morgan fingerprint density at radius 3 is 2.59 bits per heavy atom. The molecule has 0 bridgehead atoms. The molecule has 5 nitrogen and oxygen atoms in total. The van der Waals surface area contributed by atoms with Gasteiger partial charge in [0.2, 0.25) is 0 Å². The van der Waals surface area contributed by atoms with Gasteiger partial charge in [-0.1, -0.05) is 18.7 Å². The molecule has 0 saturated carbocycles. The third kappa shape index (κ3) is 4.61. The van der Waals surface area contributed by atoms with Crippen molar-refractivity contribution < 1.29 is 0 Å². The van der Waals surface area contributed by atoms with Gasteiger partial charge in [-0.05, 0) is 18.9 Å². The van der Waals surface area contributed by atoms with Crippen LogP contribution in [0.3, 0.4) is 0 Å². The molecule has 0 amide bonds. The second kappa shape index (κ2) is 7.62. The number of nitrogens with two attached hydrogens (primary N) is 1. The Balaban J connectivity index is 2.81. The minimum Gasteiger partial charge on any atom is -0.366 e. The highest BCUT2D eigenvalue weighted by atomic mass is 32.2. The molecule has 0 aliphatic carbocycles. The van der Waals surface area contributed by atoms with Crippen molar-refractivity contribution in [1.29, 1.82) is 0 Å². The number of anilines is 2. The van der Waals surface area contributed by atoms with Crippen LogP contribution in [0.4, 0.5) is 11.6 Å². The first kappa shape index (κ1) is 14.4. The van der Waals surface area contributed by atoms with Gasteiger partial charge in [-0.2, -0.15) is 11.8 Å². The Kier molecular flexibility index (Phi) is 6.46. The maximum Gasteiger partial charge on any atom is 0.191 e. The van der Waals surface area contributed by atoms with Gasteiger partial charge in [0, 0.05) is 17.9 Å². The summed E-state index contributed by atoms with van der Waals surface area (Å²) in [5.74, 6) is 7.89. The standard InChI is InChI=1S/C10H19N5S2/c1-4-7(6-16-2)12-8-5-9(15-11)14-10(13-8)17-3/h5,7H,4,6,11H2,1-3H3,(H2,12,13,14,15). The van der Waals surface area contributed by atoms with Gasteiger partial charge in [-0.3, -0.25) is 0 Å². The zero-order chi connectivity index (χ0) is 12.7. The number of hydrogen-bond donors (Lipinski definition) is 3. The predicted molar refractivity (Wildman–Crippen MR) is 77.7 cm³/mol. The quantitative estimate of drug-likeness (QED) is 0.304. The van der Waals surface area contributed by atoms with Crippen LogP contribution in [0, 0.1) is 0 Å². The lowest BCUT2D eigenvalue weighted by atomic mass is 10.2. The molecular formula is C10H19N5S2. The van der Waals surface area contributed by atoms with Crippen molar-refractivity contribution in [2.75, 3.05) is 29.0 Å². The number of aromatic nitrogens is 2. The van der Waals surface area contributed by atoms with Crippen molar-refractivity contribution in [2.45, 2.75) is 24.5 Å². The minimum atomic E-state index is 0.417. The van der Waals surface area contributed by atoms with Crippen LogP contribution in [0.1, 0.15) is 13.3 Å². The summed E-state index contributed by atoms with van der Waals surface area (Å²) in [6.45, 7) is 2.16. The summed E-state index contributed by atoms with van der Waals surface area (Å²) < 4.78 is 0. The van der Waals surface area contributed by atoms with E-state index in [1.807, 2.05) is 24.1 Å². The van der Waals surface area contributed by atoms with Crippen molar-refractivity contribution >= 4 is 35.2 Å². The number of nitrogens with one attached hydrogen (secondary N) is 2. The van der Waals surface area contributed by atoms with Crippen molar-refractivity contribution in [1.82, 2.24) is 9.97 Å². The van der Waals surface area contributed by atoms with E-state index < -0.39 is 0 Å². The summed E-state index contributed by atoms with van der Waals surface area (Å²) in [7, 11) is 0. The van der Waals surface area contributed by atoms with Gasteiger partial charge in [-0.25, -0.2) is 15.8 Å². The van der Waals surface area contributed by atoms with E-state index in [9.17, 15) is 0 Å². The summed E-state index contributed by atoms with van der Waals surface area (Å²) in [4.78, 5) is 8.63. The Hall–Kier alpha value is -0.660. The van der Waals surface area contributed by atoms with Crippen LogP contribution >= 0.6 is 23.5 Å². The van der Waals surface area contributed by atoms with E-state index in [0.29, 0.717) is 17.0 Å². The van der Waals surface area contributed by atoms with E-state index in [4.69, 9.17) is 5.84 Å². The Morgan fingerprint density at radius 1 is 1.35 bits per heavy atom. The number of nitrogens with zero attached hydrogens (tertiary/aromatic N) is 2. The van der Waals surface area contributed by atoms with Gasteiger partial charge < -0.3 is 10.7 Å². The first-order valence-electron chi connectivity index (χ1n) is 5.38. The molecular weight excluding hydrogens is 254 g/mol. The van der Waals surface area contributed by atoms with Crippen LogP contribution in [0.25, 0.3) is 0 Å². The largest absolute Gasteiger partial charge is 0.366 e. The molecule has 7 heteroatoms. The minimum absolute atomic E-state index is 0.417. The topological polar surface area (TPSA) is 75.9 Å². The molecule has 0 aliphatic rings. The predicted octanol–water partition coefficient (Wildman–Crippen LogP) is 2.04. The van der Waals surface area contributed by atoms with E-state index in [1.54, 1.807) is 0 Å². The lowest BCUT2D eigenvalue weighted by Gasteiger charge is -2.17. The Labute approximate surface area is 111 Å². The van der Waals surface area contributed by atoms with E-state index >= 15 is 0 Å². The summed E-state index contributed by atoms with van der Waals surface area (Å²) in [6, 6.07) is 2.24. The SMILES string of the molecule is CCC(CSC)Nc1cc(NN)nc(SC)n1. The van der Waals surface area contributed by atoms with Gasteiger partial charge >= 0.3 is 0 Å². The number of hydrogen-bond acceptors (Lipinski definition) is 7. The molecule has 1 rings (SSSR count).